The van der Waals surface area contributed by atoms with Gasteiger partial charge in [0.1, 0.15) is 0 Å². The van der Waals surface area contributed by atoms with Crippen molar-refractivity contribution in [2.75, 3.05) is 13.2 Å². The maximum absolute atomic E-state index is 10.0. The molecule has 5 heteroatoms. The Kier molecular flexibility index (Phi) is 11.9. The van der Waals surface area contributed by atoms with E-state index in [0.29, 0.717) is 24.5 Å². The van der Waals surface area contributed by atoms with Gasteiger partial charge in [0, 0.05) is 13.0 Å². The molecule has 0 saturated carbocycles. The van der Waals surface area contributed by atoms with Crippen molar-refractivity contribution in [2.45, 2.75) is 78.1 Å². The van der Waals surface area contributed by atoms with Crippen molar-refractivity contribution in [3.63, 3.8) is 0 Å². The maximum Gasteiger partial charge on any atom is 0.158 e. The van der Waals surface area contributed by atoms with Crippen LogP contribution < -0.4 is 0 Å². The van der Waals surface area contributed by atoms with E-state index in [1.54, 1.807) is 0 Å². The second-order valence-corrected chi connectivity index (χ2v) is 7.71. The Balaban J connectivity index is 2.17. The summed E-state index contributed by atoms with van der Waals surface area (Å²) < 4.78 is 11.2. The lowest BCUT2D eigenvalue weighted by Gasteiger charge is -2.14. The van der Waals surface area contributed by atoms with Crippen LogP contribution in [-0.2, 0) is 9.47 Å². The van der Waals surface area contributed by atoms with Crippen LogP contribution in [-0.4, -0.2) is 35.8 Å². The highest BCUT2D eigenvalue weighted by Gasteiger charge is 2.15. The number of halogens is 1. The van der Waals surface area contributed by atoms with E-state index < -0.39 is 6.10 Å². The molecule has 1 heterocycles. The Morgan fingerprint density at radius 1 is 1.27 bits per heavy atom. The number of ether oxygens (including phenoxy) is 2. The van der Waals surface area contributed by atoms with Crippen LogP contribution in [0.5, 0.6) is 0 Å². The Morgan fingerprint density at radius 2 is 2.00 bits per heavy atom. The highest BCUT2D eigenvalue weighted by Crippen LogP contribution is 2.21. The summed E-state index contributed by atoms with van der Waals surface area (Å²) in [5.41, 5.74) is 2.58. The minimum atomic E-state index is -0.403. The van der Waals surface area contributed by atoms with Crippen LogP contribution in [0.2, 0.25) is 0 Å². The summed E-state index contributed by atoms with van der Waals surface area (Å²) in [7, 11) is 0. The highest BCUT2D eigenvalue weighted by molar-refractivity contribution is 6.29. The van der Waals surface area contributed by atoms with Gasteiger partial charge in [-0.1, -0.05) is 41.8 Å². The number of hydrogen-bond acceptors (Lipinski definition) is 4. The molecule has 1 saturated heterocycles. The molecule has 1 fully saturated rings. The molecule has 0 spiro atoms. The molecule has 1 aliphatic heterocycles. The van der Waals surface area contributed by atoms with Gasteiger partial charge in [-0.3, -0.25) is 0 Å². The predicted octanol–water partition coefficient (Wildman–Crippen LogP) is 5.62. The molecule has 3 atom stereocenters. The Hall–Kier alpha value is -0.810. The molecule has 26 heavy (non-hydrogen) atoms. The lowest BCUT2D eigenvalue weighted by molar-refractivity contribution is -0.103. The monoisotopic (exact) mass is 386 g/mol. The van der Waals surface area contributed by atoms with Crippen LogP contribution in [0.25, 0.3) is 0 Å². The van der Waals surface area contributed by atoms with Crippen molar-refractivity contribution in [3.8, 4) is 0 Å². The summed E-state index contributed by atoms with van der Waals surface area (Å²) in [5.74, 6) is -0.0216. The van der Waals surface area contributed by atoms with E-state index >= 15 is 0 Å². The van der Waals surface area contributed by atoms with Crippen molar-refractivity contribution in [2.24, 2.45) is 5.92 Å². The molecule has 0 amide bonds. The fraction of sp³-hybridized carbons (Fsp3) is 0.714. The van der Waals surface area contributed by atoms with Gasteiger partial charge in [0.15, 0.2) is 6.29 Å². The minimum Gasteiger partial charge on any atom is -0.514 e. The van der Waals surface area contributed by atoms with E-state index in [9.17, 15) is 5.11 Å². The number of rotatable bonds is 12. The zero-order chi connectivity index (χ0) is 19.4. The molecular formula is C21H35ClO4. The topological polar surface area (TPSA) is 58.9 Å². The smallest absolute Gasteiger partial charge is 0.158 e. The summed E-state index contributed by atoms with van der Waals surface area (Å²) >= 11 is 5.85. The third kappa shape index (κ3) is 10.4. The fourth-order valence-corrected chi connectivity index (χ4v) is 2.99. The number of aliphatic hydroxyl groups excluding tert-OH is 2. The van der Waals surface area contributed by atoms with E-state index in [1.807, 2.05) is 6.92 Å². The number of hydrogen-bond donors (Lipinski definition) is 2. The van der Waals surface area contributed by atoms with Gasteiger partial charge in [-0.2, -0.15) is 0 Å². The van der Waals surface area contributed by atoms with Gasteiger partial charge in [0.05, 0.1) is 24.0 Å². The molecule has 0 aliphatic carbocycles. The van der Waals surface area contributed by atoms with Gasteiger partial charge < -0.3 is 19.7 Å². The third-order valence-corrected chi connectivity index (χ3v) is 5.10. The average Bonchev–Trinajstić information content (AvgIpc) is 3.12. The molecule has 2 N–H and O–H groups in total. The van der Waals surface area contributed by atoms with Crippen LogP contribution in [0.1, 0.15) is 65.7 Å². The minimum absolute atomic E-state index is 0.0168. The summed E-state index contributed by atoms with van der Waals surface area (Å²) in [5, 5.41) is 19.3. The van der Waals surface area contributed by atoms with E-state index in [-0.39, 0.29) is 12.2 Å². The average molecular weight is 387 g/mol. The largest absolute Gasteiger partial charge is 0.514 e. The van der Waals surface area contributed by atoms with Crippen LogP contribution >= 0.6 is 11.6 Å². The molecule has 0 bridgehead atoms. The van der Waals surface area contributed by atoms with E-state index in [4.69, 9.17) is 26.2 Å². The normalized spacial score (nSPS) is 21.9. The van der Waals surface area contributed by atoms with Crippen LogP contribution in [0, 0.1) is 5.92 Å². The van der Waals surface area contributed by atoms with Gasteiger partial charge >= 0.3 is 0 Å². The molecule has 0 aromatic heterocycles. The first kappa shape index (κ1) is 23.2. The lowest BCUT2D eigenvalue weighted by atomic mass is 9.99. The first-order valence-corrected chi connectivity index (χ1v) is 10.0. The third-order valence-electron chi connectivity index (χ3n) is 4.63. The summed E-state index contributed by atoms with van der Waals surface area (Å²) in [6, 6.07) is 0. The second kappa shape index (κ2) is 13.4. The van der Waals surface area contributed by atoms with E-state index in [0.717, 1.165) is 45.0 Å². The Labute approximate surface area is 163 Å². The van der Waals surface area contributed by atoms with Gasteiger partial charge in [-0.05, 0) is 58.3 Å². The number of aliphatic hydroxyl groups is 2. The van der Waals surface area contributed by atoms with Gasteiger partial charge in [-0.25, -0.2) is 0 Å². The fourth-order valence-electron chi connectivity index (χ4n) is 2.90. The standard InChI is InChI=1S/C21H35ClO4/c1-16(8-5-10-19(24)13-18(3)20(22)14-23)7-4-9-17(2)15-26-21-11-6-12-25-21/h8-9,14,18-19,21,23-24H,4-7,10-13,15H2,1-3H3/b16-8+,17-9+,20-14-. The SMILES string of the molecule is C/C(=C\CCC(O)CC(C)/C(Cl)=C/O)CC/C=C(\C)COC1CCCO1. The second-order valence-electron chi connectivity index (χ2n) is 7.28. The molecule has 4 nitrogen and oxygen atoms in total. The summed E-state index contributed by atoms with van der Waals surface area (Å²) in [6.45, 7) is 7.58. The van der Waals surface area contributed by atoms with Crippen molar-refractivity contribution >= 4 is 11.6 Å². The van der Waals surface area contributed by atoms with Crippen LogP contribution in [0.4, 0.5) is 0 Å². The first-order chi connectivity index (χ1) is 12.4. The predicted molar refractivity (Wildman–Crippen MR) is 107 cm³/mol. The van der Waals surface area contributed by atoms with Gasteiger partial charge in [-0.15, -0.1) is 0 Å². The lowest BCUT2D eigenvalue weighted by Crippen LogP contribution is -2.11. The zero-order valence-corrected chi connectivity index (χ0v) is 17.2. The summed E-state index contributed by atoms with van der Waals surface area (Å²) in [4.78, 5) is 0. The molecule has 150 valence electrons. The molecule has 3 unspecified atom stereocenters. The highest BCUT2D eigenvalue weighted by atomic mass is 35.5. The van der Waals surface area contributed by atoms with E-state index in [2.05, 4.69) is 26.0 Å². The molecule has 1 rings (SSSR count). The quantitative estimate of drug-likeness (QED) is 0.337. The van der Waals surface area contributed by atoms with Crippen LogP contribution in [0.15, 0.2) is 34.6 Å². The molecular weight excluding hydrogens is 352 g/mol. The van der Waals surface area contributed by atoms with Crippen molar-refractivity contribution in [3.05, 3.63) is 34.6 Å². The summed E-state index contributed by atoms with van der Waals surface area (Å²) in [6.07, 6.45) is 11.2. The van der Waals surface area contributed by atoms with Crippen molar-refractivity contribution in [1.82, 2.24) is 0 Å². The van der Waals surface area contributed by atoms with Crippen LogP contribution in [0.3, 0.4) is 0 Å². The number of allylic oxidation sites excluding steroid dienone is 4. The molecule has 0 aromatic carbocycles. The van der Waals surface area contributed by atoms with E-state index in [1.165, 1.54) is 11.1 Å². The van der Waals surface area contributed by atoms with Gasteiger partial charge in [0.25, 0.3) is 0 Å². The maximum atomic E-state index is 10.0. The van der Waals surface area contributed by atoms with Crippen molar-refractivity contribution in [1.29, 1.82) is 0 Å². The van der Waals surface area contributed by atoms with Gasteiger partial charge in [0.2, 0.25) is 0 Å². The van der Waals surface area contributed by atoms with Crippen molar-refractivity contribution < 1.29 is 19.7 Å². The molecule has 0 aromatic rings. The molecule has 0 radical (unpaired) electrons. The first-order valence-electron chi connectivity index (χ1n) is 9.64. The Morgan fingerprint density at radius 3 is 2.65 bits per heavy atom. The zero-order valence-electron chi connectivity index (χ0n) is 16.4. The Bertz CT molecular complexity index is 478. The molecule has 1 aliphatic rings.